The van der Waals surface area contributed by atoms with E-state index in [0.717, 1.165) is 48.2 Å². The lowest BCUT2D eigenvalue weighted by Gasteiger charge is -2.64. The van der Waals surface area contributed by atoms with Gasteiger partial charge in [-0.1, -0.05) is 36.4 Å². The molecule has 2 aromatic carbocycles. The van der Waals surface area contributed by atoms with E-state index in [0.29, 0.717) is 25.0 Å². The fraction of sp³-hybridized carbons (Fsp3) is 0.484. The zero-order valence-electron chi connectivity index (χ0n) is 21.8. The maximum Gasteiger partial charge on any atom is 0.331 e. The fourth-order valence-electron chi connectivity index (χ4n) is 7.78. The van der Waals surface area contributed by atoms with Crippen LogP contribution < -0.4 is 10.1 Å². The van der Waals surface area contributed by atoms with Gasteiger partial charge in [-0.15, -0.1) is 0 Å². The van der Waals surface area contributed by atoms with Gasteiger partial charge in [0, 0.05) is 30.3 Å². The molecule has 3 aliphatic carbocycles. The normalized spacial score (nSPS) is 32.4. The van der Waals surface area contributed by atoms with Gasteiger partial charge < -0.3 is 25.0 Å². The number of likely N-dealkylation sites (tertiary alicyclic amines) is 1. The minimum atomic E-state index is -1.00. The second-order valence-electron chi connectivity index (χ2n) is 11.9. The summed E-state index contributed by atoms with van der Waals surface area (Å²) in [5, 5.41) is 26.3. The molecule has 2 heterocycles. The summed E-state index contributed by atoms with van der Waals surface area (Å²) >= 11 is 0. The Bertz CT molecular complexity index is 1340. The molecule has 8 heteroatoms. The lowest BCUT2D eigenvalue weighted by Crippen LogP contribution is -2.78. The van der Waals surface area contributed by atoms with Crippen LogP contribution in [0.2, 0.25) is 0 Å². The third kappa shape index (κ3) is 3.87. The lowest BCUT2D eigenvalue weighted by molar-refractivity contribution is -0.192. The molecule has 1 amide bonds. The number of hydrogen-bond acceptors (Lipinski definition) is 7. The van der Waals surface area contributed by atoms with Crippen LogP contribution >= 0.6 is 0 Å². The van der Waals surface area contributed by atoms with Gasteiger partial charge in [-0.05, 0) is 68.2 Å². The molecule has 8 nitrogen and oxygen atoms in total. The number of carbonyl (C=O) groups is 2. The standard InChI is InChI=1S/C31H34N2O6/c34-23-9-8-21-16-24-31(37)13-12-22(32-25(35)10-11-26(36)38-18-20-4-2-1-3-5-20)29-30(31,27(21)28(23)39-29)14-15-33(24)17-19-6-7-19/h1-5,8-11,19,22,24,29,34,37H,6-7,12-18H2,(H,32,35)/b11-10+/t22-,24?,29?,30?,31-/m1/s1. The van der Waals surface area contributed by atoms with E-state index in [2.05, 4.69) is 10.2 Å². The smallest absolute Gasteiger partial charge is 0.331 e. The number of aromatic hydroxyl groups is 1. The maximum atomic E-state index is 12.9. The summed E-state index contributed by atoms with van der Waals surface area (Å²) in [6.07, 6.45) is 6.84. The Hall–Kier alpha value is -3.36. The fourth-order valence-corrected chi connectivity index (χ4v) is 7.78. The molecule has 1 spiro atoms. The van der Waals surface area contributed by atoms with Gasteiger partial charge >= 0.3 is 5.97 Å². The molecule has 3 N–H and O–H groups in total. The van der Waals surface area contributed by atoms with Gasteiger partial charge in [0.25, 0.3) is 0 Å². The number of nitrogens with one attached hydrogen (secondary N) is 1. The average Bonchev–Trinajstić information content (AvgIpc) is 3.68. The van der Waals surface area contributed by atoms with Crippen molar-refractivity contribution in [2.45, 2.75) is 74.3 Å². The third-order valence-corrected chi connectivity index (χ3v) is 9.68. The van der Waals surface area contributed by atoms with Gasteiger partial charge in [-0.3, -0.25) is 9.69 Å². The molecule has 3 fully saturated rings. The number of nitrogens with zero attached hydrogens (tertiary/aromatic N) is 1. The van der Waals surface area contributed by atoms with E-state index in [-0.39, 0.29) is 24.4 Å². The number of amides is 1. The van der Waals surface area contributed by atoms with Crippen LogP contribution in [-0.2, 0) is 32.8 Å². The van der Waals surface area contributed by atoms with Crippen LogP contribution in [0.4, 0.5) is 0 Å². The molecule has 2 aromatic rings. The van der Waals surface area contributed by atoms with Gasteiger partial charge in [0.15, 0.2) is 11.5 Å². The van der Waals surface area contributed by atoms with E-state index >= 15 is 0 Å². The molecule has 5 atom stereocenters. The molecule has 7 rings (SSSR count). The van der Waals surface area contributed by atoms with Crippen LogP contribution in [0.15, 0.2) is 54.6 Å². The van der Waals surface area contributed by atoms with Gasteiger partial charge in [0.1, 0.15) is 12.7 Å². The number of benzene rings is 2. The molecule has 0 radical (unpaired) electrons. The van der Waals surface area contributed by atoms with Crippen molar-refractivity contribution in [1.29, 1.82) is 0 Å². The Morgan fingerprint density at radius 2 is 1.92 bits per heavy atom. The number of esters is 1. The number of hydrogen-bond donors (Lipinski definition) is 3. The predicted molar refractivity (Wildman–Crippen MR) is 142 cm³/mol. The van der Waals surface area contributed by atoms with E-state index in [1.54, 1.807) is 6.07 Å². The molecule has 5 aliphatic rings. The summed E-state index contributed by atoms with van der Waals surface area (Å²) in [6, 6.07) is 12.6. The highest BCUT2D eigenvalue weighted by molar-refractivity contribution is 5.94. The zero-order chi connectivity index (χ0) is 26.8. The Morgan fingerprint density at radius 1 is 1.10 bits per heavy atom. The van der Waals surface area contributed by atoms with Gasteiger partial charge in [-0.2, -0.15) is 0 Å². The molecule has 2 aliphatic heterocycles. The molecule has 2 bridgehead atoms. The number of aliphatic hydroxyl groups is 1. The molecule has 0 aromatic heterocycles. The Balaban J connectivity index is 1.11. The van der Waals surface area contributed by atoms with Crippen LogP contribution in [0.5, 0.6) is 11.5 Å². The molecule has 3 unspecified atom stereocenters. The predicted octanol–water partition coefficient (Wildman–Crippen LogP) is 2.74. The monoisotopic (exact) mass is 530 g/mol. The number of carbonyl (C=O) groups excluding carboxylic acids is 2. The molecule has 39 heavy (non-hydrogen) atoms. The summed E-state index contributed by atoms with van der Waals surface area (Å²) in [4.78, 5) is 27.6. The number of ether oxygens (including phenoxy) is 2. The third-order valence-electron chi connectivity index (χ3n) is 9.68. The van der Waals surface area contributed by atoms with Gasteiger partial charge in [0.05, 0.1) is 17.1 Å². The van der Waals surface area contributed by atoms with Crippen molar-refractivity contribution in [2.24, 2.45) is 5.92 Å². The van der Waals surface area contributed by atoms with Crippen molar-refractivity contribution in [3.8, 4) is 11.5 Å². The Labute approximate surface area is 227 Å². The first kappa shape index (κ1) is 24.7. The van der Waals surface area contributed by atoms with Crippen LogP contribution in [0.1, 0.15) is 48.8 Å². The van der Waals surface area contributed by atoms with E-state index in [9.17, 15) is 19.8 Å². The van der Waals surface area contributed by atoms with Crippen molar-refractivity contribution in [1.82, 2.24) is 10.2 Å². The topological polar surface area (TPSA) is 108 Å². The van der Waals surface area contributed by atoms with Crippen LogP contribution in [0, 0.1) is 5.92 Å². The van der Waals surface area contributed by atoms with E-state index in [1.165, 1.54) is 18.9 Å². The van der Waals surface area contributed by atoms with Crippen LogP contribution in [-0.4, -0.2) is 63.9 Å². The number of phenols is 1. The Kier molecular flexibility index (Phi) is 5.75. The zero-order valence-corrected chi connectivity index (χ0v) is 21.8. The Morgan fingerprint density at radius 3 is 2.72 bits per heavy atom. The molecule has 1 saturated heterocycles. The largest absolute Gasteiger partial charge is 0.504 e. The quantitative estimate of drug-likeness (QED) is 0.373. The van der Waals surface area contributed by atoms with E-state index in [1.807, 2.05) is 36.4 Å². The minimum Gasteiger partial charge on any atom is -0.504 e. The van der Waals surface area contributed by atoms with E-state index in [4.69, 9.17) is 9.47 Å². The van der Waals surface area contributed by atoms with Crippen molar-refractivity contribution < 1.29 is 29.3 Å². The summed E-state index contributed by atoms with van der Waals surface area (Å²) in [5.41, 5.74) is 1.21. The molecular formula is C31H34N2O6. The highest BCUT2D eigenvalue weighted by atomic mass is 16.5. The first-order valence-electron chi connectivity index (χ1n) is 14.1. The summed E-state index contributed by atoms with van der Waals surface area (Å²) in [5.74, 6) is 0.233. The average molecular weight is 531 g/mol. The second kappa shape index (κ2) is 9.10. The number of phenolic OH excluding ortho intramolecular Hbond substituents is 1. The van der Waals surface area contributed by atoms with Crippen LogP contribution in [0.25, 0.3) is 0 Å². The summed E-state index contributed by atoms with van der Waals surface area (Å²) < 4.78 is 11.7. The second-order valence-corrected chi connectivity index (χ2v) is 11.9. The molecule has 2 saturated carbocycles. The number of rotatable bonds is 7. The summed E-state index contributed by atoms with van der Waals surface area (Å²) in [7, 11) is 0. The lowest BCUT2D eigenvalue weighted by atomic mass is 9.48. The van der Waals surface area contributed by atoms with Crippen molar-refractivity contribution >= 4 is 11.9 Å². The first-order valence-corrected chi connectivity index (χ1v) is 14.1. The van der Waals surface area contributed by atoms with Gasteiger partial charge in [0.2, 0.25) is 5.91 Å². The van der Waals surface area contributed by atoms with Crippen molar-refractivity contribution in [3.63, 3.8) is 0 Å². The van der Waals surface area contributed by atoms with Crippen LogP contribution in [0.3, 0.4) is 0 Å². The maximum absolute atomic E-state index is 12.9. The first-order chi connectivity index (χ1) is 18.9. The summed E-state index contributed by atoms with van der Waals surface area (Å²) in [6.45, 7) is 2.00. The van der Waals surface area contributed by atoms with Gasteiger partial charge in [-0.25, -0.2) is 4.79 Å². The number of piperidine rings is 1. The highest BCUT2D eigenvalue weighted by Gasteiger charge is 2.73. The SMILES string of the molecule is O=C(/C=C/C(=O)OCc1ccccc1)N[C@@H]1CC[C@@]2(O)C3Cc4ccc(O)c5c4C2(CCN3CC2CC2)C1O5. The van der Waals surface area contributed by atoms with Crippen molar-refractivity contribution in [2.75, 3.05) is 13.1 Å². The minimum absolute atomic E-state index is 0.0168. The molecular weight excluding hydrogens is 496 g/mol. The molecule has 204 valence electrons. The van der Waals surface area contributed by atoms with E-state index < -0.39 is 29.0 Å². The van der Waals surface area contributed by atoms with Crippen molar-refractivity contribution in [3.05, 3.63) is 71.3 Å². The highest BCUT2D eigenvalue weighted by Crippen LogP contribution is 2.65.